The normalized spacial score (nSPS) is 14.0. The number of amides is 2. The average molecular weight is 434 g/mol. The monoisotopic (exact) mass is 433 g/mol. The van der Waals surface area contributed by atoms with Crippen LogP contribution in [0.5, 0.6) is 0 Å². The number of nitrogens with zero attached hydrogens (tertiary/aromatic N) is 1. The van der Waals surface area contributed by atoms with Crippen LogP contribution in [0.15, 0.2) is 77.7 Å². The summed E-state index contributed by atoms with van der Waals surface area (Å²) in [6, 6.07) is 22.7. The van der Waals surface area contributed by atoms with E-state index in [4.69, 9.17) is 11.6 Å². The van der Waals surface area contributed by atoms with Gasteiger partial charge in [0.1, 0.15) is 0 Å². The number of imide groups is 1. The molecule has 3 aromatic rings. The lowest BCUT2D eigenvalue weighted by molar-refractivity contribution is -0.119. The number of benzene rings is 3. The molecule has 4 rings (SSSR count). The number of carbonyl (C=O) groups is 2. The fourth-order valence-corrected chi connectivity index (χ4v) is 4.71. The van der Waals surface area contributed by atoms with Gasteiger partial charge in [-0.15, -0.1) is 11.8 Å². The van der Waals surface area contributed by atoms with Crippen LogP contribution in [0, 0.1) is 13.8 Å². The molecule has 0 atom stereocenters. The van der Waals surface area contributed by atoms with Gasteiger partial charge in [-0.2, -0.15) is 0 Å². The van der Waals surface area contributed by atoms with E-state index in [1.54, 1.807) is 24.3 Å². The number of hydrogen-bond donors (Lipinski definition) is 0. The van der Waals surface area contributed by atoms with E-state index in [-0.39, 0.29) is 11.8 Å². The summed E-state index contributed by atoms with van der Waals surface area (Å²) < 4.78 is 0. The van der Waals surface area contributed by atoms with Gasteiger partial charge in [0, 0.05) is 10.8 Å². The summed E-state index contributed by atoms with van der Waals surface area (Å²) >= 11 is 7.44. The molecule has 0 spiro atoms. The highest BCUT2D eigenvalue weighted by molar-refractivity contribution is 8.03. The van der Waals surface area contributed by atoms with Gasteiger partial charge in [0.25, 0.3) is 11.8 Å². The van der Waals surface area contributed by atoms with Crippen molar-refractivity contribution < 1.29 is 9.59 Å². The van der Waals surface area contributed by atoms with Crippen molar-refractivity contribution in [3.05, 3.63) is 105 Å². The van der Waals surface area contributed by atoms with E-state index in [9.17, 15) is 9.59 Å². The summed E-state index contributed by atoms with van der Waals surface area (Å²) in [7, 11) is 0. The quantitative estimate of drug-likeness (QED) is 0.451. The third-order valence-electron chi connectivity index (χ3n) is 4.99. The first kappa shape index (κ1) is 20.5. The Morgan fingerprint density at radius 1 is 0.867 bits per heavy atom. The van der Waals surface area contributed by atoms with Crippen molar-refractivity contribution >= 4 is 46.4 Å². The van der Waals surface area contributed by atoms with Gasteiger partial charge in [-0.1, -0.05) is 71.8 Å². The Balaban J connectivity index is 1.76. The molecule has 2 amide bonds. The highest BCUT2D eigenvalue weighted by atomic mass is 35.5. The standard InChI is InChI=1S/C25H20ClNO2S/c1-16-8-13-21(17(2)14-16)27-24(28)22(19-9-11-20(26)12-10-19)23(25(27)29)30-15-18-6-4-3-5-7-18/h3-14H,15H2,1-2H3. The topological polar surface area (TPSA) is 37.4 Å². The van der Waals surface area contributed by atoms with Crippen LogP contribution in [0.25, 0.3) is 5.57 Å². The zero-order valence-electron chi connectivity index (χ0n) is 16.7. The molecule has 1 aliphatic rings. The number of hydrogen-bond acceptors (Lipinski definition) is 3. The third kappa shape index (κ3) is 3.93. The molecule has 0 radical (unpaired) electrons. The van der Waals surface area contributed by atoms with E-state index >= 15 is 0 Å². The molecule has 150 valence electrons. The maximum Gasteiger partial charge on any atom is 0.272 e. The van der Waals surface area contributed by atoms with E-state index in [1.165, 1.54) is 16.7 Å². The molecule has 0 bridgehead atoms. The van der Waals surface area contributed by atoms with Crippen LogP contribution in [0.2, 0.25) is 5.02 Å². The van der Waals surface area contributed by atoms with Crippen LogP contribution < -0.4 is 4.90 Å². The molecule has 1 aliphatic heterocycles. The molecule has 1 heterocycles. The van der Waals surface area contributed by atoms with Crippen LogP contribution in [0.1, 0.15) is 22.3 Å². The molecular formula is C25H20ClNO2S. The van der Waals surface area contributed by atoms with E-state index in [0.29, 0.717) is 32.5 Å². The van der Waals surface area contributed by atoms with Gasteiger partial charge in [0.15, 0.2) is 0 Å². The first-order valence-electron chi connectivity index (χ1n) is 9.58. The van der Waals surface area contributed by atoms with Gasteiger partial charge in [-0.3, -0.25) is 9.59 Å². The van der Waals surface area contributed by atoms with Crippen LogP contribution in [-0.2, 0) is 15.3 Å². The molecule has 0 saturated heterocycles. The predicted molar refractivity (Wildman–Crippen MR) is 125 cm³/mol. The smallest absolute Gasteiger partial charge is 0.268 e. The Bertz CT molecular complexity index is 1150. The van der Waals surface area contributed by atoms with Gasteiger partial charge < -0.3 is 0 Å². The lowest BCUT2D eigenvalue weighted by Crippen LogP contribution is -2.32. The van der Waals surface area contributed by atoms with Crippen molar-refractivity contribution in [3.63, 3.8) is 0 Å². The summed E-state index contributed by atoms with van der Waals surface area (Å²) in [5, 5.41) is 0.584. The van der Waals surface area contributed by atoms with Crippen LogP contribution in [-0.4, -0.2) is 11.8 Å². The van der Waals surface area contributed by atoms with Crippen molar-refractivity contribution in [1.29, 1.82) is 0 Å². The van der Waals surface area contributed by atoms with Crippen LogP contribution >= 0.6 is 23.4 Å². The molecule has 0 N–H and O–H groups in total. The second-order valence-electron chi connectivity index (χ2n) is 7.22. The van der Waals surface area contributed by atoms with Crippen molar-refractivity contribution in [3.8, 4) is 0 Å². The summed E-state index contributed by atoms with van der Waals surface area (Å²) in [6.07, 6.45) is 0. The fraction of sp³-hybridized carbons (Fsp3) is 0.120. The number of anilines is 1. The van der Waals surface area contributed by atoms with Crippen molar-refractivity contribution in [2.75, 3.05) is 4.90 Å². The van der Waals surface area contributed by atoms with Crippen molar-refractivity contribution in [2.24, 2.45) is 0 Å². The molecule has 0 saturated carbocycles. The van der Waals surface area contributed by atoms with E-state index in [0.717, 1.165) is 16.7 Å². The number of halogens is 1. The van der Waals surface area contributed by atoms with Gasteiger partial charge in [-0.25, -0.2) is 4.90 Å². The maximum atomic E-state index is 13.5. The SMILES string of the molecule is Cc1ccc(N2C(=O)C(SCc3ccccc3)=C(c3ccc(Cl)cc3)C2=O)c(C)c1. The minimum Gasteiger partial charge on any atom is -0.268 e. The third-order valence-corrected chi connectivity index (χ3v) is 6.39. The van der Waals surface area contributed by atoms with Crippen molar-refractivity contribution in [2.45, 2.75) is 19.6 Å². The molecule has 0 fully saturated rings. The molecule has 5 heteroatoms. The zero-order valence-corrected chi connectivity index (χ0v) is 18.3. The lowest BCUT2D eigenvalue weighted by Gasteiger charge is -2.18. The average Bonchev–Trinajstić information content (AvgIpc) is 2.98. The Kier molecular flexibility index (Phi) is 5.80. The lowest BCUT2D eigenvalue weighted by atomic mass is 10.1. The van der Waals surface area contributed by atoms with Gasteiger partial charge in [0.2, 0.25) is 0 Å². The molecule has 3 aromatic carbocycles. The summed E-state index contributed by atoms with van der Waals surface area (Å²) in [6.45, 7) is 3.91. The van der Waals surface area contributed by atoms with Gasteiger partial charge in [0.05, 0.1) is 16.2 Å². The highest BCUT2D eigenvalue weighted by Gasteiger charge is 2.40. The van der Waals surface area contributed by atoms with E-state index in [1.807, 2.05) is 62.4 Å². The predicted octanol–water partition coefficient (Wildman–Crippen LogP) is 6.17. The number of rotatable bonds is 5. The fourth-order valence-electron chi connectivity index (χ4n) is 3.52. The molecule has 0 aromatic heterocycles. The van der Waals surface area contributed by atoms with E-state index < -0.39 is 0 Å². The number of carbonyl (C=O) groups excluding carboxylic acids is 2. The number of aryl methyl sites for hydroxylation is 2. The molecule has 0 unspecified atom stereocenters. The largest absolute Gasteiger partial charge is 0.272 e. The minimum absolute atomic E-state index is 0.280. The Hall–Kier alpha value is -2.82. The highest BCUT2D eigenvalue weighted by Crippen LogP contribution is 2.40. The summed E-state index contributed by atoms with van der Waals surface area (Å²) in [5.74, 6) is 0.0233. The second-order valence-corrected chi connectivity index (χ2v) is 8.64. The van der Waals surface area contributed by atoms with Gasteiger partial charge >= 0.3 is 0 Å². The molecule has 30 heavy (non-hydrogen) atoms. The number of thioether (sulfide) groups is 1. The molecule has 0 aliphatic carbocycles. The maximum absolute atomic E-state index is 13.5. The summed E-state index contributed by atoms with van der Waals surface area (Å²) in [4.78, 5) is 28.6. The van der Waals surface area contributed by atoms with Crippen LogP contribution in [0.3, 0.4) is 0 Å². The van der Waals surface area contributed by atoms with Crippen LogP contribution in [0.4, 0.5) is 5.69 Å². The Morgan fingerprint density at radius 3 is 2.23 bits per heavy atom. The Morgan fingerprint density at radius 2 is 1.57 bits per heavy atom. The van der Waals surface area contributed by atoms with E-state index in [2.05, 4.69) is 0 Å². The molecule has 3 nitrogen and oxygen atoms in total. The van der Waals surface area contributed by atoms with Crippen molar-refractivity contribution in [1.82, 2.24) is 0 Å². The zero-order chi connectivity index (χ0) is 21.3. The first-order chi connectivity index (χ1) is 14.5. The molecular weight excluding hydrogens is 414 g/mol. The second kappa shape index (κ2) is 8.50. The Labute approximate surface area is 185 Å². The minimum atomic E-state index is -0.301. The first-order valence-corrected chi connectivity index (χ1v) is 10.9. The van der Waals surface area contributed by atoms with Gasteiger partial charge in [-0.05, 0) is 48.7 Å². The summed E-state index contributed by atoms with van der Waals surface area (Å²) in [5.41, 5.74) is 4.81.